The minimum absolute atomic E-state index is 0. The van der Waals surface area contributed by atoms with Crippen LogP contribution in [0.2, 0.25) is 0 Å². The van der Waals surface area contributed by atoms with Crippen LogP contribution in [0.5, 0.6) is 0 Å². The lowest BCUT2D eigenvalue weighted by atomic mass is 9.97. The van der Waals surface area contributed by atoms with Crippen LogP contribution in [0.1, 0.15) is 31.2 Å². The van der Waals surface area contributed by atoms with Crippen LogP contribution in [-0.2, 0) is 11.3 Å². The standard InChI is InChI=1S/C19H29N3O2.2ClH/c23-14-15-6-10-22(11-7-15)13-16-2-1-3-18(12-16)21-19(24)17-4-8-20-9-5-17;;/h1-3,12,15,17,20,23H,4-11,13-14H2,(H,21,24);2*1H. The average molecular weight is 404 g/mol. The molecule has 0 spiro atoms. The van der Waals surface area contributed by atoms with Crippen molar-refractivity contribution in [1.29, 1.82) is 0 Å². The number of aliphatic hydroxyl groups excluding tert-OH is 1. The van der Waals surface area contributed by atoms with Crippen molar-refractivity contribution in [2.45, 2.75) is 32.2 Å². The molecule has 1 aromatic rings. The summed E-state index contributed by atoms with van der Waals surface area (Å²) in [5, 5.41) is 15.6. The van der Waals surface area contributed by atoms with E-state index in [4.69, 9.17) is 0 Å². The van der Waals surface area contributed by atoms with Crippen molar-refractivity contribution in [3.8, 4) is 0 Å². The van der Waals surface area contributed by atoms with Crippen LogP contribution < -0.4 is 10.6 Å². The summed E-state index contributed by atoms with van der Waals surface area (Å²) in [5.41, 5.74) is 2.14. The average Bonchev–Trinajstić information content (AvgIpc) is 2.63. The number of likely N-dealkylation sites (tertiary alicyclic amines) is 1. The van der Waals surface area contributed by atoms with Gasteiger partial charge in [0.05, 0.1) is 0 Å². The molecule has 0 aromatic heterocycles. The molecule has 2 aliphatic rings. The Kier molecular flexibility index (Phi) is 10.5. The van der Waals surface area contributed by atoms with E-state index in [1.54, 1.807) is 0 Å². The zero-order valence-corrected chi connectivity index (χ0v) is 16.8. The Morgan fingerprint density at radius 1 is 1.15 bits per heavy atom. The zero-order chi connectivity index (χ0) is 16.8. The van der Waals surface area contributed by atoms with Gasteiger partial charge in [-0.1, -0.05) is 12.1 Å². The van der Waals surface area contributed by atoms with Crippen molar-refractivity contribution >= 4 is 36.4 Å². The molecule has 2 aliphatic heterocycles. The lowest BCUT2D eigenvalue weighted by Crippen LogP contribution is -2.35. The Morgan fingerprint density at radius 3 is 2.50 bits per heavy atom. The van der Waals surface area contributed by atoms with Crippen LogP contribution in [0, 0.1) is 11.8 Å². The number of halogens is 2. The van der Waals surface area contributed by atoms with Crippen molar-refractivity contribution in [3.63, 3.8) is 0 Å². The zero-order valence-electron chi connectivity index (χ0n) is 15.2. The number of nitrogens with one attached hydrogen (secondary N) is 2. The lowest BCUT2D eigenvalue weighted by Gasteiger charge is -2.31. The number of piperidine rings is 2. The smallest absolute Gasteiger partial charge is 0.227 e. The monoisotopic (exact) mass is 403 g/mol. The van der Waals surface area contributed by atoms with Crippen molar-refractivity contribution in [1.82, 2.24) is 10.2 Å². The molecule has 0 saturated carbocycles. The van der Waals surface area contributed by atoms with Gasteiger partial charge in [0.15, 0.2) is 0 Å². The molecule has 2 heterocycles. The first-order valence-electron chi connectivity index (χ1n) is 9.18. The maximum Gasteiger partial charge on any atom is 0.227 e. The summed E-state index contributed by atoms with van der Waals surface area (Å²) in [5.74, 6) is 0.752. The Bertz CT molecular complexity index is 545. The van der Waals surface area contributed by atoms with Crippen LogP contribution in [0.3, 0.4) is 0 Å². The minimum Gasteiger partial charge on any atom is -0.396 e. The fraction of sp³-hybridized carbons (Fsp3) is 0.632. The fourth-order valence-corrected chi connectivity index (χ4v) is 3.66. The molecule has 148 valence electrons. The van der Waals surface area contributed by atoms with Gasteiger partial charge in [0.1, 0.15) is 0 Å². The lowest BCUT2D eigenvalue weighted by molar-refractivity contribution is -0.120. The van der Waals surface area contributed by atoms with Gasteiger partial charge in [-0.15, -0.1) is 24.8 Å². The molecule has 26 heavy (non-hydrogen) atoms. The van der Waals surface area contributed by atoms with Crippen LogP contribution in [0.25, 0.3) is 0 Å². The maximum atomic E-state index is 12.4. The van der Waals surface area contributed by atoms with Crippen molar-refractivity contribution < 1.29 is 9.90 Å². The van der Waals surface area contributed by atoms with Crippen molar-refractivity contribution in [2.24, 2.45) is 11.8 Å². The highest BCUT2D eigenvalue weighted by atomic mass is 35.5. The molecular weight excluding hydrogens is 373 g/mol. The predicted molar refractivity (Wildman–Crippen MR) is 110 cm³/mol. The second-order valence-corrected chi connectivity index (χ2v) is 7.12. The number of anilines is 1. The maximum absolute atomic E-state index is 12.4. The molecule has 3 N–H and O–H groups in total. The number of benzene rings is 1. The largest absolute Gasteiger partial charge is 0.396 e. The molecule has 0 unspecified atom stereocenters. The van der Waals surface area contributed by atoms with E-state index in [9.17, 15) is 9.90 Å². The first-order chi connectivity index (χ1) is 11.7. The highest BCUT2D eigenvalue weighted by Gasteiger charge is 2.21. The predicted octanol–water partition coefficient (Wildman–Crippen LogP) is 2.67. The van der Waals surface area contributed by atoms with Gasteiger partial charge in [0.25, 0.3) is 0 Å². The third kappa shape index (κ3) is 6.71. The van der Waals surface area contributed by atoms with Gasteiger partial charge < -0.3 is 15.7 Å². The highest BCUT2D eigenvalue weighted by Crippen LogP contribution is 2.20. The number of amides is 1. The van der Waals surface area contributed by atoms with E-state index in [-0.39, 0.29) is 36.6 Å². The molecule has 5 nitrogen and oxygen atoms in total. The molecular formula is C19H31Cl2N3O2. The molecule has 7 heteroatoms. The summed E-state index contributed by atoms with van der Waals surface area (Å²) in [6.45, 7) is 5.17. The number of carbonyl (C=O) groups excluding carboxylic acids is 1. The summed E-state index contributed by atoms with van der Waals surface area (Å²) >= 11 is 0. The number of rotatable bonds is 5. The number of hydrogen-bond donors (Lipinski definition) is 3. The summed E-state index contributed by atoms with van der Waals surface area (Å²) in [4.78, 5) is 14.8. The Balaban J connectivity index is 0.00000169. The van der Waals surface area contributed by atoms with Gasteiger partial charge in [-0.2, -0.15) is 0 Å². The van der Waals surface area contributed by atoms with E-state index in [1.165, 1.54) is 5.56 Å². The van der Waals surface area contributed by atoms with Crippen LogP contribution >= 0.6 is 24.8 Å². The summed E-state index contributed by atoms with van der Waals surface area (Å²) < 4.78 is 0. The van der Waals surface area contributed by atoms with Gasteiger partial charge >= 0.3 is 0 Å². The molecule has 0 atom stereocenters. The molecule has 0 aliphatic carbocycles. The van der Waals surface area contributed by atoms with Crippen molar-refractivity contribution in [3.05, 3.63) is 29.8 Å². The number of aliphatic hydroxyl groups is 1. The Morgan fingerprint density at radius 2 is 1.85 bits per heavy atom. The number of carbonyl (C=O) groups is 1. The molecule has 0 bridgehead atoms. The first kappa shape index (κ1) is 23.2. The third-order valence-electron chi connectivity index (χ3n) is 5.28. The second kappa shape index (κ2) is 11.8. The van der Waals surface area contributed by atoms with Crippen LogP contribution in [0.15, 0.2) is 24.3 Å². The normalized spacial score (nSPS) is 19.3. The molecule has 2 fully saturated rings. The Hall–Kier alpha value is -0.850. The third-order valence-corrected chi connectivity index (χ3v) is 5.28. The summed E-state index contributed by atoms with van der Waals surface area (Å²) in [6, 6.07) is 8.21. The van der Waals surface area contributed by atoms with Gasteiger partial charge in [0.2, 0.25) is 5.91 Å². The van der Waals surface area contributed by atoms with Gasteiger partial charge in [-0.3, -0.25) is 9.69 Å². The number of nitrogens with zero attached hydrogens (tertiary/aromatic N) is 1. The minimum atomic E-state index is 0. The molecule has 1 amide bonds. The van der Waals surface area contributed by atoms with E-state index < -0.39 is 0 Å². The molecule has 3 rings (SSSR count). The summed E-state index contributed by atoms with van der Waals surface area (Å²) in [6.07, 6.45) is 3.99. The number of hydrogen-bond acceptors (Lipinski definition) is 4. The van der Waals surface area contributed by atoms with E-state index in [2.05, 4.69) is 27.7 Å². The molecule has 0 radical (unpaired) electrons. The fourth-order valence-electron chi connectivity index (χ4n) is 3.66. The van der Waals surface area contributed by atoms with Crippen LogP contribution in [-0.4, -0.2) is 48.7 Å². The van der Waals surface area contributed by atoms with Gasteiger partial charge in [0, 0.05) is 24.8 Å². The first-order valence-corrected chi connectivity index (χ1v) is 9.18. The Labute approximate surface area is 168 Å². The van der Waals surface area contributed by atoms with E-state index in [1.807, 2.05) is 12.1 Å². The van der Waals surface area contributed by atoms with E-state index in [0.717, 1.165) is 64.1 Å². The van der Waals surface area contributed by atoms with Gasteiger partial charge in [-0.25, -0.2) is 0 Å². The quantitative estimate of drug-likeness (QED) is 0.706. The van der Waals surface area contributed by atoms with E-state index >= 15 is 0 Å². The SMILES string of the molecule is Cl.Cl.O=C(Nc1cccc(CN2CCC(CO)CC2)c1)C1CCNCC1. The van der Waals surface area contributed by atoms with Crippen LogP contribution in [0.4, 0.5) is 5.69 Å². The topological polar surface area (TPSA) is 64.6 Å². The summed E-state index contributed by atoms with van der Waals surface area (Å²) in [7, 11) is 0. The second-order valence-electron chi connectivity index (χ2n) is 7.12. The van der Waals surface area contributed by atoms with E-state index in [0.29, 0.717) is 12.5 Å². The molecule has 2 saturated heterocycles. The highest BCUT2D eigenvalue weighted by molar-refractivity contribution is 5.92. The van der Waals surface area contributed by atoms with Crippen molar-refractivity contribution in [2.75, 3.05) is 38.1 Å². The molecule has 1 aromatic carbocycles. The van der Waals surface area contributed by atoms with Gasteiger partial charge in [-0.05, 0) is 75.5 Å².